The molecule has 0 N–H and O–H groups in total. The molecular formula is C23H21FN2O2. The Morgan fingerprint density at radius 1 is 0.964 bits per heavy atom. The van der Waals surface area contributed by atoms with Crippen LogP contribution in [0.2, 0.25) is 0 Å². The van der Waals surface area contributed by atoms with Crippen molar-refractivity contribution in [1.29, 1.82) is 0 Å². The summed E-state index contributed by atoms with van der Waals surface area (Å²) >= 11 is 0. The number of hydrogen-bond donors (Lipinski definition) is 0. The van der Waals surface area contributed by atoms with E-state index in [1.54, 1.807) is 19.2 Å². The Morgan fingerprint density at radius 2 is 1.75 bits per heavy atom. The van der Waals surface area contributed by atoms with Gasteiger partial charge in [-0.15, -0.1) is 0 Å². The molecule has 0 spiro atoms. The average Bonchev–Trinajstić information content (AvgIpc) is 3.11. The summed E-state index contributed by atoms with van der Waals surface area (Å²) < 4.78 is 26.3. The standard InChI is InChI=1S/C23H21FN2O2/c1-27-21-9-3-2-7-19(21)23-20-8-4-5-15-26(20)22(25-23)10-6-16-28-18-13-11-17(24)12-14-18/h2-5,7-9,11-15H,6,10,16H2,1H3. The van der Waals surface area contributed by atoms with Gasteiger partial charge >= 0.3 is 0 Å². The molecule has 2 aromatic heterocycles. The molecule has 0 saturated carbocycles. The van der Waals surface area contributed by atoms with Gasteiger partial charge in [-0.25, -0.2) is 9.37 Å². The van der Waals surface area contributed by atoms with E-state index < -0.39 is 0 Å². The number of hydrogen-bond acceptors (Lipinski definition) is 3. The average molecular weight is 376 g/mol. The monoisotopic (exact) mass is 376 g/mol. The second kappa shape index (κ2) is 8.13. The molecule has 4 rings (SSSR count). The molecule has 0 radical (unpaired) electrons. The van der Waals surface area contributed by atoms with Crippen LogP contribution >= 0.6 is 0 Å². The number of aromatic nitrogens is 2. The molecule has 0 aliphatic heterocycles. The van der Waals surface area contributed by atoms with Gasteiger partial charge in [0.25, 0.3) is 0 Å². The summed E-state index contributed by atoms with van der Waals surface area (Å²) in [6, 6.07) is 20.1. The molecule has 28 heavy (non-hydrogen) atoms. The molecule has 0 aliphatic rings. The number of aryl methyl sites for hydroxylation is 1. The molecule has 5 heteroatoms. The maximum absolute atomic E-state index is 13.0. The Hall–Kier alpha value is -3.34. The number of fused-ring (bicyclic) bond motifs is 1. The van der Waals surface area contributed by atoms with Crippen LogP contribution in [0, 0.1) is 5.82 Å². The van der Waals surface area contributed by atoms with Crippen LogP contribution in [0.25, 0.3) is 16.8 Å². The molecule has 0 aliphatic carbocycles. The van der Waals surface area contributed by atoms with Crippen LogP contribution in [0.15, 0.2) is 72.9 Å². The molecule has 0 fully saturated rings. The summed E-state index contributed by atoms with van der Waals surface area (Å²) in [5.74, 6) is 2.18. The van der Waals surface area contributed by atoms with Gasteiger partial charge in [-0.05, 0) is 55.0 Å². The van der Waals surface area contributed by atoms with E-state index in [9.17, 15) is 4.39 Å². The maximum Gasteiger partial charge on any atom is 0.128 e. The predicted octanol–water partition coefficient (Wildman–Crippen LogP) is 5.16. The van der Waals surface area contributed by atoms with Gasteiger partial charge in [0, 0.05) is 18.2 Å². The van der Waals surface area contributed by atoms with Crippen molar-refractivity contribution in [3.8, 4) is 22.8 Å². The summed E-state index contributed by atoms with van der Waals surface area (Å²) in [7, 11) is 1.67. The van der Waals surface area contributed by atoms with E-state index in [1.807, 2.05) is 42.6 Å². The van der Waals surface area contributed by atoms with E-state index >= 15 is 0 Å². The van der Waals surface area contributed by atoms with Crippen molar-refractivity contribution in [3.05, 3.63) is 84.6 Å². The number of ether oxygens (including phenoxy) is 2. The fourth-order valence-corrected chi connectivity index (χ4v) is 3.27. The van der Waals surface area contributed by atoms with E-state index in [2.05, 4.69) is 10.5 Å². The van der Waals surface area contributed by atoms with E-state index in [-0.39, 0.29) is 5.82 Å². The highest BCUT2D eigenvalue weighted by Crippen LogP contribution is 2.32. The first kappa shape index (κ1) is 18.0. The van der Waals surface area contributed by atoms with Crippen molar-refractivity contribution in [2.24, 2.45) is 0 Å². The summed E-state index contributed by atoms with van der Waals surface area (Å²) in [6.45, 7) is 0.539. The quantitative estimate of drug-likeness (QED) is 0.418. The van der Waals surface area contributed by atoms with E-state index in [1.165, 1.54) is 12.1 Å². The van der Waals surface area contributed by atoms with Gasteiger partial charge in [-0.2, -0.15) is 0 Å². The van der Waals surface area contributed by atoms with Gasteiger partial charge in [0.2, 0.25) is 0 Å². The number of rotatable bonds is 7. The Kier molecular flexibility index (Phi) is 5.24. The number of imidazole rings is 1. The highest BCUT2D eigenvalue weighted by molar-refractivity contribution is 5.81. The number of halogens is 1. The van der Waals surface area contributed by atoms with Crippen LogP contribution in [-0.2, 0) is 6.42 Å². The third kappa shape index (κ3) is 3.69. The van der Waals surface area contributed by atoms with Crippen molar-refractivity contribution in [2.75, 3.05) is 13.7 Å². The van der Waals surface area contributed by atoms with Crippen LogP contribution in [-0.4, -0.2) is 23.1 Å². The summed E-state index contributed by atoms with van der Waals surface area (Å²) in [6.07, 6.45) is 3.59. The second-order valence-corrected chi connectivity index (χ2v) is 6.44. The van der Waals surface area contributed by atoms with Crippen molar-refractivity contribution in [3.63, 3.8) is 0 Å². The van der Waals surface area contributed by atoms with Crippen molar-refractivity contribution in [1.82, 2.24) is 9.38 Å². The fourth-order valence-electron chi connectivity index (χ4n) is 3.27. The molecule has 4 aromatic rings. The first-order chi connectivity index (χ1) is 13.8. The van der Waals surface area contributed by atoms with Gasteiger partial charge < -0.3 is 13.9 Å². The Bertz CT molecular complexity index is 1070. The van der Waals surface area contributed by atoms with E-state index in [0.717, 1.165) is 41.2 Å². The van der Waals surface area contributed by atoms with Gasteiger partial charge in [0.05, 0.1) is 19.2 Å². The first-order valence-corrected chi connectivity index (χ1v) is 9.24. The number of para-hydroxylation sites is 1. The smallest absolute Gasteiger partial charge is 0.128 e. The lowest BCUT2D eigenvalue weighted by Crippen LogP contribution is -2.02. The summed E-state index contributed by atoms with van der Waals surface area (Å²) in [5.41, 5.74) is 2.93. The van der Waals surface area contributed by atoms with Gasteiger partial charge in [-0.3, -0.25) is 0 Å². The summed E-state index contributed by atoms with van der Waals surface area (Å²) in [4.78, 5) is 4.90. The van der Waals surface area contributed by atoms with Gasteiger partial charge in [-0.1, -0.05) is 18.2 Å². The highest BCUT2D eigenvalue weighted by Gasteiger charge is 2.15. The zero-order chi connectivity index (χ0) is 19.3. The minimum Gasteiger partial charge on any atom is -0.496 e. The zero-order valence-electron chi connectivity index (χ0n) is 15.6. The molecule has 0 atom stereocenters. The number of methoxy groups -OCH3 is 1. The number of nitrogens with zero attached hydrogens (tertiary/aromatic N) is 2. The molecule has 142 valence electrons. The first-order valence-electron chi connectivity index (χ1n) is 9.24. The van der Waals surface area contributed by atoms with E-state index in [4.69, 9.17) is 14.5 Å². The minimum atomic E-state index is -0.264. The molecular weight excluding hydrogens is 355 g/mol. The van der Waals surface area contributed by atoms with Gasteiger partial charge in [0.1, 0.15) is 28.8 Å². The molecule has 0 amide bonds. The second-order valence-electron chi connectivity index (χ2n) is 6.44. The predicted molar refractivity (Wildman–Crippen MR) is 107 cm³/mol. The topological polar surface area (TPSA) is 35.8 Å². The molecule has 0 saturated heterocycles. The Labute approximate surface area is 163 Å². The Morgan fingerprint density at radius 3 is 2.57 bits per heavy atom. The third-order valence-electron chi connectivity index (χ3n) is 4.61. The van der Waals surface area contributed by atoms with Crippen LogP contribution in [0.3, 0.4) is 0 Å². The lowest BCUT2D eigenvalue weighted by Gasteiger charge is -2.05. The van der Waals surface area contributed by atoms with Crippen molar-refractivity contribution >= 4 is 5.52 Å². The van der Waals surface area contributed by atoms with Crippen LogP contribution in [0.4, 0.5) is 4.39 Å². The minimum absolute atomic E-state index is 0.264. The van der Waals surface area contributed by atoms with Crippen LogP contribution in [0.1, 0.15) is 12.2 Å². The molecule has 2 heterocycles. The highest BCUT2D eigenvalue weighted by atomic mass is 19.1. The molecule has 0 unspecified atom stereocenters. The fraction of sp³-hybridized carbons (Fsp3) is 0.174. The molecule has 4 nitrogen and oxygen atoms in total. The molecule has 0 bridgehead atoms. The third-order valence-corrected chi connectivity index (χ3v) is 4.61. The largest absolute Gasteiger partial charge is 0.496 e. The number of pyridine rings is 1. The normalized spacial score (nSPS) is 10.9. The van der Waals surface area contributed by atoms with Crippen molar-refractivity contribution < 1.29 is 13.9 Å². The van der Waals surface area contributed by atoms with Crippen molar-refractivity contribution in [2.45, 2.75) is 12.8 Å². The summed E-state index contributed by atoms with van der Waals surface area (Å²) in [5, 5.41) is 0. The van der Waals surface area contributed by atoms with Crippen LogP contribution < -0.4 is 9.47 Å². The molecule has 2 aromatic carbocycles. The van der Waals surface area contributed by atoms with Gasteiger partial charge in [0.15, 0.2) is 0 Å². The maximum atomic E-state index is 13.0. The van der Waals surface area contributed by atoms with E-state index in [0.29, 0.717) is 12.4 Å². The zero-order valence-corrected chi connectivity index (χ0v) is 15.6. The SMILES string of the molecule is COc1ccccc1-c1nc(CCCOc2ccc(F)cc2)n2ccccc12. The lowest BCUT2D eigenvalue weighted by molar-refractivity contribution is 0.309. The Balaban J connectivity index is 1.54. The number of benzene rings is 2. The van der Waals surface area contributed by atoms with Crippen LogP contribution in [0.5, 0.6) is 11.5 Å². The lowest BCUT2D eigenvalue weighted by atomic mass is 10.1.